The molecular weight excluding hydrogens is 262 g/mol. The Kier molecular flexibility index (Phi) is 5.99. The molecule has 1 aromatic rings. The Morgan fingerprint density at radius 1 is 1.30 bits per heavy atom. The van der Waals surface area contributed by atoms with Crippen LogP contribution in [0.15, 0.2) is 24.3 Å². The molecule has 0 saturated carbocycles. The fourth-order valence-electron chi connectivity index (χ4n) is 1.68. The fraction of sp³-hybridized carbons (Fsp3) is 0.429. The Morgan fingerprint density at radius 3 is 2.35 bits per heavy atom. The first-order chi connectivity index (χ1) is 9.43. The second-order valence-electron chi connectivity index (χ2n) is 4.47. The van der Waals surface area contributed by atoms with Gasteiger partial charge in [0.25, 0.3) is 0 Å². The lowest BCUT2D eigenvalue weighted by Crippen LogP contribution is -2.47. The lowest BCUT2D eigenvalue weighted by atomic mass is 10.1. The van der Waals surface area contributed by atoms with E-state index in [1.54, 1.807) is 19.2 Å². The summed E-state index contributed by atoms with van der Waals surface area (Å²) in [6, 6.07) is 6.00. The molecule has 3 N–H and O–H groups in total. The summed E-state index contributed by atoms with van der Waals surface area (Å²) >= 11 is 0. The minimum Gasteiger partial charge on any atom is -0.497 e. The molecule has 20 heavy (non-hydrogen) atoms. The van der Waals surface area contributed by atoms with Crippen molar-refractivity contribution in [3.63, 3.8) is 0 Å². The standard InChI is InChI=1S/C14H19NO5/c1-9(16)13(14(18)19)15-12(17)8-5-10-3-6-11(20-2)7-4-10/h3-4,6-7,9,13,16H,5,8H2,1-2H3,(H,15,17)(H,18,19)/t9-,13+/m1/s1. The number of hydrogen-bond donors (Lipinski definition) is 3. The van der Waals surface area contributed by atoms with Gasteiger partial charge in [0.2, 0.25) is 5.91 Å². The van der Waals surface area contributed by atoms with E-state index in [4.69, 9.17) is 9.84 Å². The van der Waals surface area contributed by atoms with E-state index in [-0.39, 0.29) is 6.42 Å². The van der Waals surface area contributed by atoms with Crippen LogP contribution in [0.2, 0.25) is 0 Å². The highest BCUT2D eigenvalue weighted by Gasteiger charge is 2.24. The zero-order valence-electron chi connectivity index (χ0n) is 11.5. The van der Waals surface area contributed by atoms with Crippen LogP contribution < -0.4 is 10.1 Å². The number of carboxylic acid groups (broad SMARTS) is 1. The highest BCUT2D eigenvalue weighted by atomic mass is 16.5. The molecule has 0 heterocycles. The monoisotopic (exact) mass is 281 g/mol. The number of rotatable bonds is 7. The van der Waals surface area contributed by atoms with Gasteiger partial charge in [-0.3, -0.25) is 4.79 Å². The molecule has 0 bridgehead atoms. The molecule has 6 nitrogen and oxygen atoms in total. The van der Waals surface area contributed by atoms with Gasteiger partial charge in [0.15, 0.2) is 6.04 Å². The van der Waals surface area contributed by atoms with E-state index in [2.05, 4.69) is 5.32 Å². The van der Waals surface area contributed by atoms with Crippen LogP contribution in [0.5, 0.6) is 5.75 Å². The van der Waals surface area contributed by atoms with E-state index in [1.165, 1.54) is 6.92 Å². The number of aliphatic hydroxyl groups is 1. The first-order valence-corrected chi connectivity index (χ1v) is 6.27. The van der Waals surface area contributed by atoms with E-state index >= 15 is 0 Å². The van der Waals surface area contributed by atoms with Crippen LogP contribution in [0.4, 0.5) is 0 Å². The van der Waals surface area contributed by atoms with E-state index < -0.39 is 24.0 Å². The second kappa shape index (κ2) is 7.49. The lowest BCUT2D eigenvalue weighted by Gasteiger charge is -2.16. The zero-order chi connectivity index (χ0) is 15.1. The number of benzene rings is 1. The van der Waals surface area contributed by atoms with Crippen LogP contribution in [0.3, 0.4) is 0 Å². The van der Waals surface area contributed by atoms with Gasteiger partial charge in [-0.15, -0.1) is 0 Å². The fourth-order valence-corrected chi connectivity index (χ4v) is 1.68. The van der Waals surface area contributed by atoms with Crippen molar-refractivity contribution in [1.82, 2.24) is 5.32 Å². The number of aryl methyl sites for hydroxylation is 1. The number of aliphatic carboxylic acids is 1. The highest BCUT2D eigenvalue weighted by molar-refractivity contribution is 5.84. The van der Waals surface area contributed by atoms with Crippen LogP contribution in [0, 0.1) is 0 Å². The molecule has 1 amide bonds. The van der Waals surface area contributed by atoms with Gasteiger partial charge in [-0.1, -0.05) is 12.1 Å². The quantitative estimate of drug-likeness (QED) is 0.679. The Morgan fingerprint density at radius 2 is 1.90 bits per heavy atom. The summed E-state index contributed by atoms with van der Waals surface area (Å²) in [6.07, 6.45) is -0.498. The molecule has 0 aromatic heterocycles. The maximum absolute atomic E-state index is 11.6. The molecule has 0 radical (unpaired) electrons. The number of carboxylic acids is 1. The van der Waals surface area contributed by atoms with E-state index in [0.717, 1.165) is 11.3 Å². The van der Waals surface area contributed by atoms with Crippen molar-refractivity contribution >= 4 is 11.9 Å². The van der Waals surface area contributed by atoms with Gasteiger partial charge < -0.3 is 20.3 Å². The molecule has 0 aliphatic rings. The van der Waals surface area contributed by atoms with E-state index in [1.807, 2.05) is 12.1 Å². The SMILES string of the molecule is COc1ccc(CCC(=O)N[C@H](C(=O)O)[C@@H](C)O)cc1. The second-order valence-corrected chi connectivity index (χ2v) is 4.47. The molecule has 2 atom stereocenters. The van der Waals surface area contributed by atoms with Crippen LogP contribution in [0.1, 0.15) is 18.9 Å². The summed E-state index contributed by atoms with van der Waals surface area (Å²) in [5.74, 6) is -0.926. The molecule has 0 fully saturated rings. The van der Waals surface area contributed by atoms with Crippen molar-refractivity contribution in [1.29, 1.82) is 0 Å². The van der Waals surface area contributed by atoms with Gasteiger partial charge in [-0.05, 0) is 31.0 Å². The van der Waals surface area contributed by atoms with Crippen molar-refractivity contribution < 1.29 is 24.5 Å². The van der Waals surface area contributed by atoms with Crippen molar-refractivity contribution in [3.8, 4) is 5.75 Å². The van der Waals surface area contributed by atoms with Crippen molar-refractivity contribution in [2.45, 2.75) is 31.9 Å². The van der Waals surface area contributed by atoms with Gasteiger partial charge in [-0.2, -0.15) is 0 Å². The third-order valence-electron chi connectivity index (χ3n) is 2.86. The number of aliphatic hydroxyl groups excluding tert-OH is 1. The molecule has 0 spiro atoms. The molecule has 0 saturated heterocycles. The molecule has 1 aromatic carbocycles. The van der Waals surface area contributed by atoms with Gasteiger partial charge in [0.05, 0.1) is 13.2 Å². The smallest absolute Gasteiger partial charge is 0.328 e. The van der Waals surface area contributed by atoms with Gasteiger partial charge in [0.1, 0.15) is 5.75 Å². The van der Waals surface area contributed by atoms with E-state index in [9.17, 15) is 14.7 Å². The number of hydrogen-bond acceptors (Lipinski definition) is 4. The molecule has 6 heteroatoms. The first kappa shape index (κ1) is 16.0. The number of carbonyl (C=O) groups excluding carboxylic acids is 1. The summed E-state index contributed by atoms with van der Waals surface area (Å²) in [5.41, 5.74) is 0.949. The Bertz CT molecular complexity index is 455. The molecule has 1 rings (SSSR count). The third kappa shape index (κ3) is 4.89. The first-order valence-electron chi connectivity index (χ1n) is 6.27. The number of methoxy groups -OCH3 is 1. The summed E-state index contributed by atoms with van der Waals surface area (Å²) in [6.45, 7) is 1.32. The van der Waals surface area contributed by atoms with E-state index in [0.29, 0.717) is 6.42 Å². The molecule has 0 aliphatic heterocycles. The predicted molar refractivity (Wildman–Crippen MR) is 72.6 cm³/mol. The zero-order valence-corrected chi connectivity index (χ0v) is 11.5. The number of carbonyl (C=O) groups is 2. The topological polar surface area (TPSA) is 95.9 Å². The van der Waals surface area contributed by atoms with Crippen LogP contribution in [-0.4, -0.2) is 41.3 Å². The van der Waals surface area contributed by atoms with Crippen LogP contribution in [-0.2, 0) is 16.0 Å². The lowest BCUT2D eigenvalue weighted by molar-refractivity contribution is -0.144. The maximum atomic E-state index is 11.6. The van der Waals surface area contributed by atoms with Gasteiger partial charge >= 0.3 is 5.97 Å². The minimum absolute atomic E-state index is 0.156. The van der Waals surface area contributed by atoms with Crippen molar-refractivity contribution in [2.24, 2.45) is 0 Å². The average Bonchev–Trinajstić information content (AvgIpc) is 2.42. The Balaban J connectivity index is 2.47. The maximum Gasteiger partial charge on any atom is 0.328 e. The number of nitrogens with one attached hydrogen (secondary N) is 1. The largest absolute Gasteiger partial charge is 0.497 e. The molecular formula is C14H19NO5. The minimum atomic E-state index is -1.28. The summed E-state index contributed by atoms with van der Waals surface area (Å²) < 4.78 is 5.03. The normalized spacial score (nSPS) is 13.3. The van der Waals surface area contributed by atoms with Crippen molar-refractivity contribution in [2.75, 3.05) is 7.11 Å². The van der Waals surface area contributed by atoms with Gasteiger partial charge in [0, 0.05) is 6.42 Å². The summed E-state index contributed by atoms with van der Waals surface area (Å²) in [7, 11) is 1.57. The summed E-state index contributed by atoms with van der Waals surface area (Å²) in [4.78, 5) is 22.5. The molecule has 0 unspecified atom stereocenters. The van der Waals surface area contributed by atoms with Gasteiger partial charge in [-0.25, -0.2) is 4.79 Å². The molecule has 110 valence electrons. The van der Waals surface area contributed by atoms with Crippen LogP contribution in [0.25, 0.3) is 0 Å². The molecule has 0 aliphatic carbocycles. The van der Waals surface area contributed by atoms with Crippen molar-refractivity contribution in [3.05, 3.63) is 29.8 Å². The number of amides is 1. The Labute approximate surface area is 117 Å². The predicted octanol–water partition coefficient (Wildman–Crippen LogP) is 0.578. The summed E-state index contributed by atoms with van der Waals surface area (Å²) in [5, 5.41) is 20.4. The van der Waals surface area contributed by atoms with Crippen LogP contribution >= 0.6 is 0 Å². The highest BCUT2D eigenvalue weighted by Crippen LogP contribution is 2.12. The third-order valence-corrected chi connectivity index (χ3v) is 2.86. The Hall–Kier alpha value is -2.08. The average molecular weight is 281 g/mol. The number of ether oxygens (including phenoxy) is 1.